The van der Waals surface area contributed by atoms with Crippen LogP contribution in [-0.4, -0.2) is 79.1 Å². The third-order valence-corrected chi connectivity index (χ3v) is 6.87. The third kappa shape index (κ3) is 9.47. The summed E-state index contributed by atoms with van der Waals surface area (Å²) in [5.74, 6) is -1.86. The standard InChI is InChI=1S/C27H46N4O7/c1-26(2,3)20(30-25(36)38-27(4,5)6)23(34)31(7)19(14-16-11-12-16)22(33)29-18(24(35)37-8)15-17-10-9-13-28-21(17)32/h16-20H,9-15H2,1-8H3,(H,28,32)(H,29,33)(H,30,36)/t17-,18-,19-,20+/m0/s1. The Balaban J connectivity index is 2.23. The van der Waals surface area contributed by atoms with E-state index in [2.05, 4.69) is 16.0 Å². The summed E-state index contributed by atoms with van der Waals surface area (Å²) < 4.78 is 10.3. The molecule has 38 heavy (non-hydrogen) atoms. The molecule has 4 atom stereocenters. The molecule has 0 radical (unpaired) electrons. The van der Waals surface area contributed by atoms with Crippen molar-refractivity contribution in [3.8, 4) is 0 Å². The van der Waals surface area contributed by atoms with Crippen LogP contribution < -0.4 is 16.0 Å². The van der Waals surface area contributed by atoms with Crippen LogP contribution in [0.4, 0.5) is 4.79 Å². The fraction of sp³-hybridized carbons (Fsp3) is 0.815. The number of alkyl carbamates (subject to hydrolysis) is 1. The molecule has 11 heteroatoms. The Labute approximate surface area is 226 Å². The lowest BCUT2D eigenvalue weighted by molar-refractivity contribution is -0.148. The average Bonchev–Trinajstić information content (AvgIpc) is 3.63. The zero-order valence-electron chi connectivity index (χ0n) is 24.1. The van der Waals surface area contributed by atoms with E-state index in [0.717, 1.165) is 19.3 Å². The summed E-state index contributed by atoms with van der Waals surface area (Å²) in [4.78, 5) is 66.0. The van der Waals surface area contributed by atoms with Crippen molar-refractivity contribution in [2.24, 2.45) is 17.3 Å². The van der Waals surface area contributed by atoms with E-state index >= 15 is 0 Å². The van der Waals surface area contributed by atoms with E-state index < -0.39 is 58.9 Å². The molecule has 2 rings (SSSR count). The van der Waals surface area contributed by atoms with Gasteiger partial charge in [-0.1, -0.05) is 33.6 Å². The number of amides is 4. The Hall–Kier alpha value is -2.85. The van der Waals surface area contributed by atoms with Gasteiger partial charge in [-0.15, -0.1) is 0 Å². The summed E-state index contributed by atoms with van der Waals surface area (Å²) in [5.41, 5.74) is -1.42. The van der Waals surface area contributed by atoms with Crippen molar-refractivity contribution in [2.75, 3.05) is 20.7 Å². The molecule has 0 bridgehead atoms. The van der Waals surface area contributed by atoms with Gasteiger partial charge in [-0.25, -0.2) is 9.59 Å². The summed E-state index contributed by atoms with van der Waals surface area (Å²) >= 11 is 0. The minimum Gasteiger partial charge on any atom is -0.467 e. The van der Waals surface area contributed by atoms with Crippen molar-refractivity contribution in [3.05, 3.63) is 0 Å². The average molecular weight is 539 g/mol. The van der Waals surface area contributed by atoms with Gasteiger partial charge >= 0.3 is 12.1 Å². The van der Waals surface area contributed by atoms with Crippen LogP contribution in [0.2, 0.25) is 0 Å². The molecule has 11 nitrogen and oxygen atoms in total. The van der Waals surface area contributed by atoms with E-state index in [4.69, 9.17) is 9.47 Å². The first-order chi connectivity index (χ1) is 17.5. The van der Waals surface area contributed by atoms with Gasteiger partial charge in [0.25, 0.3) is 0 Å². The first-order valence-electron chi connectivity index (χ1n) is 13.5. The quantitative estimate of drug-likeness (QED) is 0.362. The first kappa shape index (κ1) is 31.4. The van der Waals surface area contributed by atoms with Crippen LogP contribution >= 0.6 is 0 Å². The van der Waals surface area contributed by atoms with E-state index in [9.17, 15) is 24.0 Å². The summed E-state index contributed by atoms with van der Waals surface area (Å²) in [6, 6.07) is -2.85. The molecule has 1 aliphatic heterocycles. The van der Waals surface area contributed by atoms with Gasteiger partial charge in [-0.3, -0.25) is 14.4 Å². The molecule has 1 saturated carbocycles. The van der Waals surface area contributed by atoms with Crippen molar-refractivity contribution in [1.29, 1.82) is 0 Å². The fourth-order valence-electron chi connectivity index (χ4n) is 4.51. The number of hydrogen-bond donors (Lipinski definition) is 3. The summed E-state index contributed by atoms with van der Waals surface area (Å²) in [7, 11) is 2.77. The first-order valence-corrected chi connectivity index (χ1v) is 13.5. The molecule has 2 fully saturated rings. The predicted molar refractivity (Wildman–Crippen MR) is 141 cm³/mol. The summed E-state index contributed by atoms with van der Waals surface area (Å²) in [6.07, 6.45) is 3.12. The number of hydrogen-bond acceptors (Lipinski definition) is 7. The highest BCUT2D eigenvalue weighted by molar-refractivity contribution is 5.93. The number of nitrogens with zero attached hydrogens (tertiary/aromatic N) is 1. The van der Waals surface area contributed by atoms with Gasteiger partial charge in [0.1, 0.15) is 23.7 Å². The summed E-state index contributed by atoms with van der Waals surface area (Å²) in [6.45, 7) is 11.2. The van der Waals surface area contributed by atoms with Crippen molar-refractivity contribution < 1.29 is 33.4 Å². The minimum atomic E-state index is -1.02. The molecule has 0 aromatic heterocycles. The number of esters is 1. The maximum absolute atomic E-state index is 13.7. The normalized spacial score (nSPS) is 20.3. The second-order valence-electron chi connectivity index (χ2n) is 12.5. The van der Waals surface area contributed by atoms with Gasteiger partial charge in [0.05, 0.1) is 7.11 Å². The van der Waals surface area contributed by atoms with E-state index in [0.29, 0.717) is 19.4 Å². The molecular weight excluding hydrogens is 492 g/mol. The van der Waals surface area contributed by atoms with Crippen molar-refractivity contribution in [1.82, 2.24) is 20.9 Å². The molecule has 0 aromatic rings. The Kier molecular flexibility index (Phi) is 10.6. The van der Waals surface area contributed by atoms with E-state index in [1.807, 2.05) is 20.8 Å². The highest BCUT2D eigenvalue weighted by Crippen LogP contribution is 2.35. The van der Waals surface area contributed by atoms with Crippen LogP contribution in [0.5, 0.6) is 0 Å². The Morgan fingerprint density at radius 2 is 1.66 bits per heavy atom. The largest absolute Gasteiger partial charge is 0.467 e. The predicted octanol–water partition coefficient (Wildman–Crippen LogP) is 2.13. The molecular formula is C27H46N4O7. The highest BCUT2D eigenvalue weighted by atomic mass is 16.6. The maximum atomic E-state index is 13.7. The molecule has 0 unspecified atom stereocenters. The molecule has 3 N–H and O–H groups in total. The Bertz CT molecular complexity index is 889. The number of carbonyl (C=O) groups excluding carboxylic acids is 5. The van der Waals surface area contributed by atoms with Gasteiger partial charge in [0.15, 0.2) is 0 Å². The van der Waals surface area contributed by atoms with Crippen LogP contribution in [0.1, 0.15) is 80.1 Å². The Morgan fingerprint density at radius 3 is 2.16 bits per heavy atom. The number of nitrogens with one attached hydrogen (secondary N) is 3. The van der Waals surface area contributed by atoms with Crippen molar-refractivity contribution >= 4 is 29.8 Å². The third-order valence-electron chi connectivity index (χ3n) is 6.87. The number of methoxy groups -OCH3 is 1. The molecule has 216 valence electrons. The Morgan fingerprint density at radius 1 is 1.03 bits per heavy atom. The SMILES string of the molecule is COC(=O)[C@H](C[C@@H]1CCCNC1=O)NC(=O)[C@H](CC1CC1)N(C)C(=O)[C@@H](NC(=O)OC(C)(C)C)C(C)(C)C. The molecule has 0 aromatic carbocycles. The lowest BCUT2D eigenvalue weighted by Crippen LogP contribution is -2.59. The number of ether oxygens (including phenoxy) is 2. The number of rotatable bonds is 10. The van der Waals surface area contributed by atoms with Crippen molar-refractivity contribution in [2.45, 2.75) is 104 Å². The van der Waals surface area contributed by atoms with Crippen LogP contribution in [0.25, 0.3) is 0 Å². The number of carbonyl (C=O) groups is 5. The number of likely N-dealkylation sites (N-methyl/N-ethyl adjacent to an activating group) is 1. The summed E-state index contributed by atoms with van der Waals surface area (Å²) in [5, 5.41) is 8.23. The monoisotopic (exact) mass is 538 g/mol. The highest BCUT2D eigenvalue weighted by Gasteiger charge is 2.42. The van der Waals surface area contributed by atoms with Gasteiger partial charge in [0.2, 0.25) is 17.7 Å². The fourth-order valence-corrected chi connectivity index (χ4v) is 4.51. The molecule has 1 heterocycles. The van der Waals surface area contributed by atoms with Gasteiger partial charge < -0.3 is 30.3 Å². The molecule has 1 saturated heterocycles. The lowest BCUT2D eigenvalue weighted by atomic mass is 9.85. The van der Waals surface area contributed by atoms with Gasteiger partial charge in [-0.2, -0.15) is 0 Å². The minimum absolute atomic E-state index is 0.114. The van der Waals surface area contributed by atoms with Crippen LogP contribution in [-0.2, 0) is 28.7 Å². The smallest absolute Gasteiger partial charge is 0.408 e. The maximum Gasteiger partial charge on any atom is 0.408 e. The second kappa shape index (κ2) is 12.8. The van der Waals surface area contributed by atoms with Crippen LogP contribution in [0.3, 0.4) is 0 Å². The van der Waals surface area contributed by atoms with Crippen LogP contribution in [0.15, 0.2) is 0 Å². The zero-order valence-corrected chi connectivity index (χ0v) is 24.1. The topological polar surface area (TPSA) is 143 Å². The number of piperidine rings is 1. The molecule has 2 aliphatic rings. The van der Waals surface area contributed by atoms with E-state index in [1.165, 1.54) is 19.1 Å². The van der Waals surface area contributed by atoms with E-state index in [1.54, 1.807) is 20.8 Å². The van der Waals surface area contributed by atoms with Gasteiger partial charge in [-0.05, 0) is 57.8 Å². The van der Waals surface area contributed by atoms with Crippen molar-refractivity contribution in [3.63, 3.8) is 0 Å². The lowest BCUT2D eigenvalue weighted by Gasteiger charge is -2.37. The molecule has 0 spiro atoms. The second-order valence-corrected chi connectivity index (χ2v) is 12.5. The van der Waals surface area contributed by atoms with Gasteiger partial charge in [0, 0.05) is 19.5 Å². The molecule has 4 amide bonds. The van der Waals surface area contributed by atoms with E-state index in [-0.39, 0.29) is 18.2 Å². The van der Waals surface area contributed by atoms with Crippen LogP contribution in [0, 0.1) is 17.3 Å². The zero-order chi connectivity index (χ0) is 28.8. The molecule has 1 aliphatic carbocycles.